The van der Waals surface area contributed by atoms with Gasteiger partial charge in [-0.3, -0.25) is 4.79 Å². The van der Waals surface area contributed by atoms with Gasteiger partial charge in [0, 0.05) is 30.8 Å². The molecule has 134 valence electrons. The number of carboxylic acid groups (broad SMARTS) is 1. The molecule has 0 heterocycles. The fourth-order valence-electron chi connectivity index (χ4n) is 2.41. The Morgan fingerprint density at radius 3 is 2.56 bits per heavy atom. The van der Waals surface area contributed by atoms with E-state index < -0.39 is 12.1 Å². The van der Waals surface area contributed by atoms with Crippen molar-refractivity contribution in [2.24, 2.45) is 0 Å². The number of hydrogen-bond donors (Lipinski definition) is 4. The van der Waals surface area contributed by atoms with Crippen molar-refractivity contribution in [2.75, 3.05) is 25.4 Å². The fraction of sp³-hybridized carbons (Fsp3) is 0.316. The van der Waals surface area contributed by atoms with Gasteiger partial charge in [0.05, 0.1) is 6.10 Å². The maximum atomic E-state index is 10.5. The van der Waals surface area contributed by atoms with E-state index in [1.165, 1.54) is 0 Å². The molecule has 0 aliphatic carbocycles. The fourth-order valence-corrected chi connectivity index (χ4v) is 2.41. The smallest absolute Gasteiger partial charge is 0.303 e. The number of aliphatic hydroxyl groups is 1. The molecule has 0 saturated carbocycles. The molecule has 0 aliphatic rings. The molecule has 25 heavy (non-hydrogen) atoms. The number of nitrogens with one attached hydrogen (secondary N) is 1. The minimum atomic E-state index is -0.800. The van der Waals surface area contributed by atoms with Crippen molar-refractivity contribution in [1.82, 2.24) is 5.32 Å². The summed E-state index contributed by atoms with van der Waals surface area (Å²) in [6.07, 6.45) is -0.0227. The van der Waals surface area contributed by atoms with Crippen LogP contribution >= 0.6 is 0 Å². The zero-order valence-corrected chi connectivity index (χ0v) is 14.0. The van der Waals surface area contributed by atoms with Crippen LogP contribution in [-0.4, -0.2) is 35.9 Å². The Balaban J connectivity index is 1.66. The summed E-state index contributed by atoms with van der Waals surface area (Å²) in [7, 11) is 0. The Morgan fingerprint density at radius 1 is 1.16 bits per heavy atom. The van der Waals surface area contributed by atoms with Crippen LogP contribution in [0.15, 0.2) is 48.5 Å². The molecule has 2 aromatic carbocycles. The van der Waals surface area contributed by atoms with Crippen LogP contribution in [0.2, 0.25) is 0 Å². The van der Waals surface area contributed by atoms with Crippen LogP contribution in [-0.2, 0) is 11.2 Å². The summed E-state index contributed by atoms with van der Waals surface area (Å²) < 4.78 is 5.61. The van der Waals surface area contributed by atoms with Crippen molar-refractivity contribution in [2.45, 2.75) is 18.9 Å². The monoisotopic (exact) mass is 344 g/mol. The van der Waals surface area contributed by atoms with Gasteiger partial charge in [-0.05, 0) is 30.2 Å². The quantitative estimate of drug-likeness (QED) is 0.388. The molecule has 1 atom stereocenters. The van der Waals surface area contributed by atoms with E-state index in [4.69, 9.17) is 15.6 Å². The number of ether oxygens (including phenoxy) is 1. The Hall–Kier alpha value is -2.57. The number of benzene rings is 2. The highest BCUT2D eigenvalue weighted by Gasteiger charge is 2.09. The van der Waals surface area contributed by atoms with Gasteiger partial charge in [-0.1, -0.05) is 30.3 Å². The molecule has 6 heteroatoms. The molecule has 0 bridgehead atoms. The molecule has 0 amide bonds. The molecule has 5 N–H and O–H groups in total. The van der Waals surface area contributed by atoms with Crippen molar-refractivity contribution in [3.63, 3.8) is 0 Å². The predicted octanol–water partition coefficient (Wildman–Crippen LogP) is 1.99. The van der Waals surface area contributed by atoms with Crippen molar-refractivity contribution >= 4 is 11.7 Å². The first kappa shape index (κ1) is 18.8. The number of aryl methyl sites for hydroxylation is 1. The second-order valence-electron chi connectivity index (χ2n) is 5.73. The average molecular weight is 344 g/mol. The SMILES string of the molecule is Nc1ccccc1C(O)CNCCOc1ccc(CCC(=O)O)cc1. The number of nitrogen functional groups attached to an aromatic ring is 1. The van der Waals surface area contributed by atoms with Gasteiger partial charge in [-0.15, -0.1) is 0 Å². The second kappa shape index (κ2) is 9.66. The normalized spacial score (nSPS) is 11.9. The van der Waals surface area contributed by atoms with Gasteiger partial charge in [0.25, 0.3) is 0 Å². The minimum absolute atomic E-state index is 0.123. The summed E-state index contributed by atoms with van der Waals surface area (Å²) in [5.74, 6) is -0.0698. The molecule has 0 aliphatic heterocycles. The number of para-hydroxylation sites is 1. The van der Waals surface area contributed by atoms with E-state index >= 15 is 0 Å². The first-order valence-corrected chi connectivity index (χ1v) is 8.23. The molecule has 6 nitrogen and oxygen atoms in total. The molecular weight excluding hydrogens is 320 g/mol. The van der Waals surface area contributed by atoms with Crippen molar-refractivity contribution in [1.29, 1.82) is 0 Å². The first-order valence-electron chi connectivity index (χ1n) is 8.23. The van der Waals surface area contributed by atoms with Crippen LogP contribution in [0.5, 0.6) is 5.75 Å². The number of anilines is 1. The highest BCUT2D eigenvalue weighted by molar-refractivity contribution is 5.67. The van der Waals surface area contributed by atoms with Gasteiger partial charge in [0.1, 0.15) is 12.4 Å². The lowest BCUT2D eigenvalue weighted by Crippen LogP contribution is -2.26. The van der Waals surface area contributed by atoms with Gasteiger partial charge < -0.3 is 26.0 Å². The molecule has 1 unspecified atom stereocenters. The number of hydrogen-bond acceptors (Lipinski definition) is 5. The largest absolute Gasteiger partial charge is 0.492 e. The van der Waals surface area contributed by atoms with E-state index in [0.29, 0.717) is 37.4 Å². The lowest BCUT2D eigenvalue weighted by Gasteiger charge is -2.14. The van der Waals surface area contributed by atoms with E-state index in [1.54, 1.807) is 6.07 Å². The Labute approximate surface area is 147 Å². The third-order valence-electron chi connectivity index (χ3n) is 3.79. The highest BCUT2D eigenvalue weighted by Crippen LogP contribution is 2.19. The van der Waals surface area contributed by atoms with E-state index in [2.05, 4.69) is 5.32 Å². The number of aliphatic hydroxyl groups excluding tert-OH is 1. The van der Waals surface area contributed by atoms with Crippen molar-refractivity contribution in [3.05, 3.63) is 59.7 Å². The summed E-state index contributed by atoms with van der Waals surface area (Å²) in [6, 6.07) is 14.7. The third-order valence-corrected chi connectivity index (χ3v) is 3.79. The maximum absolute atomic E-state index is 10.5. The van der Waals surface area contributed by atoms with Crippen LogP contribution in [0, 0.1) is 0 Å². The van der Waals surface area contributed by atoms with E-state index in [1.807, 2.05) is 42.5 Å². The Morgan fingerprint density at radius 2 is 1.88 bits per heavy atom. The van der Waals surface area contributed by atoms with Crippen LogP contribution in [0.25, 0.3) is 0 Å². The third kappa shape index (κ3) is 6.45. The lowest BCUT2D eigenvalue weighted by molar-refractivity contribution is -0.136. The topological polar surface area (TPSA) is 105 Å². The zero-order valence-electron chi connectivity index (χ0n) is 14.0. The highest BCUT2D eigenvalue weighted by atomic mass is 16.5. The second-order valence-corrected chi connectivity index (χ2v) is 5.73. The average Bonchev–Trinajstić information content (AvgIpc) is 2.61. The van der Waals surface area contributed by atoms with Gasteiger partial charge >= 0.3 is 5.97 Å². The standard InChI is InChI=1S/C19H24N2O4/c20-17-4-2-1-3-16(17)18(22)13-21-11-12-25-15-8-5-14(6-9-15)7-10-19(23)24/h1-6,8-9,18,21-22H,7,10-13,20H2,(H,23,24). The van der Waals surface area contributed by atoms with Gasteiger partial charge in [0.2, 0.25) is 0 Å². The number of carbonyl (C=O) groups is 1. The molecule has 2 aromatic rings. The molecule has 0 radical (unpaired) electrons. The summed E-state index contributed by atoms with van der Waals surface area (Å²) in [4.78, 5) is 10.5. The van der Waals surface area contributed by atoms with Crippen LogP contribution < -0.4 is 15.8 Å². The number of aliphatic carboxylic acids is 1. The molecule has 0 saturated heterocycles. The molecule has 0 spiro atoms. The molecular formula is C19H24N2O4. The zero-order chi connectivity index (χ0) is 18.1. The number of rotatable bonds is 10. The van der Waals surface area contributed by atoms with Gasteiger partial charge in [0.15, 0.2) is 0 Å². The minimum Gasteiger partial charge on any atom is -0.492 e. The molecule has 2 rings (SSSR count). The molecule has 0 aromatic heterocycles. The molecule has 0 fully saturated rings. The lowest BCUT2D eigenvalue weighted by atomic mass is 10.1. The summed E-state index contributed by atoms with van der Waals surface area (Å²) >= 11 is 0. The Bertz CT molecular complexity index is 673. The number of nitrogens with two attached hydrogens (primary N) is 1. The van der Waals surface area contributed by atoms with Crippen LogP contribution in [0.1, 0.15) is 23.7 Å². The van der Waals surface area contributed by atoms with Crippen LogP contribution in [0.4, 0.5) is 5.69 Å². The van der Waals surface area contributed by atoms with Gasteiger partial charge in [-0.2, -0.15) is 0 Å². The predicted molar refractivity (Wildman–Crippen MR) is 96.6 cm³/mol. The maximum Gasteiger partial charge on any atom is 0.303 e. The van der Waals surface area contributed by atoms with E-state index in [9.17, 15) is 9.90 Å². The first-order chi connectivity index (χ1) is 12.1. The number of carboxylic acids is 1. The summed E-state index contributed by atoms with van der Waals surface area (Å²) in [5, 5.41) is 21.9. The summed E-state index contributed by atoms with van der Waals surface area (Å²) in [6.45, 7) is 1.45. The van der Waals surface area contributed by atoms with Crippen LogP contribution in [0.3, 0.4) is 0 Å². The van der Waals surface area contributed by atoms with Crippen molar-refractivity contribution < 1.29 is 19.7 Å². The summed E-state index contributed by atoms with van der Waals surface area (Å²) in [5.41, 5.74) is 8.10. The van der Waals surface area contributed by atoms with E-state index in [0.717, 1.165) is 11.3 Å². The van der Waals surface area contributed by atoms with Gasteiger partial charge in [-0.25, -0.2) is 0 Å². The van der Waals surface area contributed by atoms with E-state index in [-0.39, 0.29) is 6.42 Å². The van der Waals surface area contributed by atoms with Crippen molar-refractivity contribution in [3.8, 4) is 5.75 Å². The Kier molecular flexibility index (Phi) is 7.25.